The second-order valence-corrected chi connectivity index (χ2v) is 9.07. The van der Waals surface area contributed by atoms with Gasteiger partial charge in [0.1, 0.15) is 16.7 Å². The molecule has 0 aliphatic heterocycles. The first-order valence-corrected chi connectivity index (χ1v) is 12.6. The van der Waals surface area contributed by atoms with E-state index in [2.05, 4.69) is 35.5 Å². The van der Waals surface area contributed by atoms with Gasteiger partial charge in [-0.1, -0.05) is 88.6 Å². The first kappa shape index (κ1) is 27.0. The van der Waals surface area contributed by atoms with Crippen LogP contribution in [0.4, 0.5) is 0 Å². The van der Waals surface area contributed by atoms with Gasteiger partial charge in [0.25, 0.3) is 0 Å². The van der Waals surface area contributed by atoms with E-state index in [0.29, 0.717) is 33.9 Å². The molecule has 0 amide bonds. The van der Waals surface area contributed by atoms with Crippen LogP contribution in [0, 0.1) is 56.3 Å². The zero-order chi connectivity index (χ0) is 27.8. The Hall–Kier alpha value is -5.04. The summed E-state index contributed by atoms with van der Waals surface area (Å²) in [7, 11) is 4.79. The molecule has 0 N–H and O–H groups in total. The Morgan fingerprint density at radius 3 is 0.795 bits per heavy atom. The molecule has 4 rings (SSSR count). The molecule has 0 aromatic heterocycles. The number of methoxy groups -OCH3 is 3. The summed E-state index contributed by atoms with van der Waals surface area (Å²) in [6, 6.07) is 24.1. The average molecular weight is 511 g/mol. The molecule has 0 heterocycles. The topological polar surface area (TPSA) is 27.7 Å². The number of rotatable bonds is 3. The number of aryl methyl sites for hydroxylation is 3. The Kier molecular flexibility index (Phi) is 8.64. The molecule has 0 aliphatic rings. The van der Waals surface area contributed by atoms with Gasteiger partial charge in [-0.15, -0.1) is 0 Å². The third-order valence-electron chi connectivity index (χ3n) is 6.12. The van der Waals surface area contributed by atoms with Gasteiger partial charge in [0, 0.05) is 16.7 Å². The summed E-state index contributed by atoms with van der Waals surface area (Å²) in [6.45, 7) is 6.14. The van der Waals surface area contributed by atoms with E-state index < -0.39 is 0 Å². The van der Waals surface area contributed by atoms with Crippen LogP contribution in [0.5, 0.6) is 17.2 Å². The quantitative estimate of drug-likeness (QED) is 0.283. The molecular formula is C36H30O3. The van der Waals surface area contributed by atoms with Crippen LogP contribution in [0.1, 0.15) is 50.1 Å². The summed E-state index contributed by atoms with van der Waals surface area (Å²) in [5.74, 6) is 21.0. The lowest BCUT2D eigenvalue weighted by Crippen LogP contribution is -2.04. The monoisotopic (exact) mass is 510 g/mol. The van der Waals surface area contributed by atoms with Crippen molar-refractivity contribution in [1.82, 2.24) is 0 Å². The van der Waals surface area contributed by atoms with Crippen LogP contribution in [0.25, 0.3) is 0 Å². The summed E-state index contributed by atoms with van der Waals surface area (Å²) < 4.78 is 17.7. The van der Waals surface area contributed by atoms with Gasteiger partial charge in [-0.25, -0.2) is 0 Å². The molecule has 0 aliphatic carbocycles. The standard InChI is InChI=1S/C36H30O3/c1-25-7-13-28(14-8-25)19-22-31-34(37-4)32(23-20-29-15-9-26(2)10-16-29)36(39-6)33(35(31)38-5)24-21-30-17-11-27(3)12-18-30/h7-18H,1-6H3. The van der Waals surface area contributed by atoms with Crippen molar-refractivity contribution in [2.75, 3.05) is 21.3 Å². The van der Waals surface area contributed by atoms with Gasteiger partial charge >= 0.3 is 0 Å². The maximum atomic E-state index is 5.89. The highest BCUT2D eigenvalue weighted by atomic mass is 16.5. The summed E-state index contributed by atoms with van der Waals surface area (Å²) in [5.41, 5.74) is 7.81. The fourth-order valence-corrected chi connectivity index (χ4v) is 3.95. The lowest BCUT2D eigenvalue weighted by atomic mass is 9.99. The van der Waals surface area contributed by atoms with Gasteiger partial charge in [0.05, 0.1) is 21.3 Å². The highest BCUT2D eigenvalue weighted by molar-refractivity contribution is 5.76. The highest BCUT2D eigenvalue weighted by Crippen LogP contribution is 2.42. The van der Waals surface area contributed by atoms with Crippen LogP contribution in [-0.2, 0) is 0 Å². The first-order chi connectivity index (χ1) is 18.9. The first-order valence-electron chi connectivity index (χ1n) is 12.6. The Morgan fingerprint density at radius 1 is 0.359 bits per heavy atom. The van der Waals surface area contributed by atoms with Crippen LogP contribution < -0.4 is 14.2 Å². The zero-order valence-corrected chi connectivity index (χ0v) is 23.2. The van der Waals surface area contributed by atoms with Crippen LogP contribution in [0.3, 0.4) is 0 Å². The molecular weight excluding hydrogens is 480 g/mol. The summed E-state index contributed by atoms with van der Waals surface area (Å²) in [4.78, 5) is 0. The maximum absolute atomic E-state index is 5.89. The summed E-state index contributed by atoms with van der Waals surface area (Å²) in [6.07, 6.45) is 0. The smallest absolute Gasteiger partial charge is 0.157 e. The number of benzene rings is 4. The van der Waals surface area contributed by atoms with Crippen molar-refractivity contribution >= 4 is 0 Å². The fourth-order valence-electron chi connectivity index (χ4n) is 3.95. The molecule has 0 saturated heterocycles. The normalized spacial score (nSPS) is 9.69. The molecule has 0 saturated carbocycles. The highest BCUT2D eigenvalue weighted by Gasteiger charge is 2.24. The maximum Gasteiger partial charge on any atom is 0.157 e. The Balaban J connectivity index is 1.99. The summed E-state index contributed by atoms with van der Waals surface area (Å²) >= 11 is 0. The van der Waals surface area contributed by atoms with Crippen molar-refractivity contribution in [1.29, 1.82) is 0 Å². The van der Waals surface area contributed by atoms with Crippen molar-refractivity contribution in [2.45, 2.75) is 20.8 Å². The van der Waals surface area contributed by atoms with Gasteiger partial charge in [-0.3, -0.25) is 0 Å². The second kappa shape index (κ2) is 12.5. The minimum absolute atomic E-state index is 0.476. The van der Waals surface area contributed by atoms with Crippen molar-refractivity contribution in [2.24, 2.45) is 0 Å². The Morgan fingerprint density at radius 2 is 0.590 bits per heavy atom. The molecule has 192 valence electrons. The molecule has 39 heavy (non-hydrogen) atoms. The van der Waals surface area contributed by atoms with Crippen LogP contribution >= 0.6 is 0 Å². The SMILES string of the molecule is COc1c(C#Cc2ccc(C)cc2)c(OC)c(C#Cc2ccc(C)cc2)c(OC)c1C#Cc1ccc(C)cc1. The molecule has 4 aromatic rings. The molecule has 0 bridgehead atoms. The molecule has 4 aromatic carbocycles. The lowest BCUT2D eigenvalue weighted by molar-refractivity contribution is 0.370. The molecule has 3 heteroatoms. The predicted octanol–water partition coefficient (Wildman–Crippen LogP) is 6.84. The van der Waals surface area contributed by atoms with Crippen molar-refractivity contribution in [3.8, 4) is 52.8 Å². The Labute approximate surface area is 231 Å². The van der Waals surface area contributed by atoms with Gasteiger partial charge in [0.15, 0.2) is 17.2 Å². The van der Waals surface area contributed by atoms with E-state index in [0.717, 1.165) is 16.7 Å². The van der Waals surface area contributed by atoms with Crippen LogP contribution in [0.15, 0.2) is 72.8 Å². The third kappa shape index (κ3) is 6.45. The van der Waals surface area contributed by atoms with E-state index in [1.807, 2.05) is 93.6 Å². The van der Waals surface area contributed by atoms with Crippen molar-refractivity contribution in [3.05, 3.63) is 123 Å². The van der Waals surface area contributed by atoms with Crippen molar-refractivity contribution in [3.63, 3.8) is 0 Å². The van der Waals surface area contributed by atoms with Gasteiger partial charge in [0.2, 0.25) is 0 Å². The minimum atomic E-state index is 0.476. The van der Waals surface area contributed by atoms with E-state index in [9.17, 15) is 0 Å². The van der Waals surface area contributed by atoms with E-state index in [1.54, 1.807) is 21.3 Å². The molecule has 3 nitrogen and oxygen atoms in total. The fraction of sp³-hybridized carbons (Fsp3) is 0.167. The third-order valence-corrected chi connectivity index (χ3v) is 6.12. The predicted molar refractivity (Wildman–Crippen MR) is 158 cm³/mol. The molecule has 0 unspecified atom stereocenters. The van der Waals surface area contributed by atoms with Crippen LogP contribution in [-0.4, -0.2) is 21.3 Å². The number of ether oxygens (including phenoxy) is 3. The van der Waals surface area contributed by atoms with Gasteiger partial charge < -0.3 is 14.2 Å². The summed E-state index contributed by atoms with van der Waals surface area (Å²) in [5, 5.41) is 0. The minimum Gasteiger partial charge on any atom is -0.494 e. The molecule has 0 radical (unpaired) electrons. The molecule has 0 atom stereocenters. The Bertz CT molecular complexity index is 1430. The second-order valence-electron chi connectivity index (χ2n) is 9.07. The zero-order valence-electron chi connectivity index (χ0n) is 23.2. The van der Waals surface area contributed by atoms with E-state index in [-0.39, 0.29) is 0 Å². The lowest BCUT2D eigenvalue weighted by Gasteiger charge is -2.17. The van der Waals surface area contributed by atoms with Crippen LogP contribution in [0.2, 0.25) is 0 Å². The van der Waals surface area contributed by atoms with Gasteiger partial charge in [-0.2, -0.15) is 0 Å². The van der Waals surface area contributed by atoms with Crippen molar-refractivity contribution < 1.29 is 14.2 Å². The number of hydrogen-bond acceptors (Lipinski definition) is 3. The largest absolute Gasteiger partial charge is 0.494 e. The van der Waals surface area contributed by atoms with E-state index in [4.69, 9.17) is 14.2 Å². The van der Waals surface area contributed by atoms with E-state index in [1.165, 1.54) is 16.7 Å². The molecule has 0 spiro atoms. The molecule has 0 fully saturated rings. The number of hydrogen-bond donors (Lipinski definition) is 0. The average Bonchev–Trinajstić information content (AvgIpc) is 2.95. The van der Waals surface area contributed by atoms with E-state index >= 15 is 0 Å². The van der Waals surface area contributed by atoms with Gasteiger partial charge in [-0.05, 0) is 57.2 Å².